The minimum Gasteiger partial charge on any atom is -0.302 e. The molecule has 0 atom stereocenters. The fourth-order valence-corrected chi connectivity index (χ4v) is 3.82. The van der Waals surface area contributed by atoms with Gasteiger partial charge in [-0.2, -0.15) is 23.5 Å². The van der Waals surface area contributed by atoms with Gasteiger partial charge in [-0.1, -0.05) is 39.8 Å². The lowest BCUT2D eigenvalue weighted by atomic mass is 10.1. The first kappa shape index (κ1) is 23.7. The molecule has 0 aliphatic carbocycles. The van der Waals surface area contributed by atoms with Gasteiger partial charge >= 0.3 is 6.18 Å². The van der Waals surface area contributed by atoms with E-state index >= 15 is 0 Å². The lowest BCUT2D eigenvalue weighted by molar-refractivity contribution is -0.142. The Balaban J connectivity index is 1.65. The van der Waals surface area contributed by atoms with Gasteiger partial charge in [-0.15, -0.1) is 10.2 Å². The number of H-pyrrole nitrogens is 1. The molecule has 0 aliphatic rings. The van der Waals surface area contributed by atoms with Crippen LogP contribution in [0, 0.1) is 11.8 Å². The standard InChI is InChI=1S/C23H27F3N8/c1-14(2)11-20-27-21(12-15(3)4)33(30-20)13-16-5-7-17(8-6-16)34-18(22-28-31-32-29-22)9-10-19(34)23(24,25)26/h5-10,14-15H,11-13H2,1-4H3,(H,28,29,31,32). The summed E-state index contributed by atoms with van der Waals surface area (Å²) >= 11 is 0. The fraction of sp³-hybridized carbons (Fsp3) is 0.435. The molecular weight excluding hydrogens is 445 g/mol. The van der Waals surface area contributed by atoms with Crippen LogP contribution in [0.3, 0.4) is 0 Å². The van der Waals surface area contributed by atoms with Gasteiger partial charge in [-0.05, 0) is 46.9 Å². The molecular formula is C23H27F3N8. The number of rotatable bonds is 8. The van der Waals surface area contributed by atoms with E-state index in [0.717, 1.165) is 40.7 Å². The molecule has 0 saturated heterocycles. The predicted molar refractivity (Wildman–Crippen MR) is 120 cm³/mol. The highest BCUT2D eigenvalue weighted by Gasteiger charge is 2.36. The summed E-state index contributed by atoms with van der Waals surface area (Å²) in [5.74, 6) is 2.68. The molecule has 0 amide bonds. The highest BCUT2D eigenvalue weighted by molar-refractivity contribution is 5.57. The number of benzene rings is 1. The molecule has 11 heteroatoms. The van der Waals surface area contributed by atoms with E-state index in [1.165, 1.54) is 6.07 Å². The molecule has 0 unspecified atom stereocenters. The van der Waals surface area contributed by atoms with Crippen LogP contribution in [0.25, 0.3) is 17.2 Å². The summed E-state index contributed by atoms with van der Waals surface area (Å²) in [6, 6.07) is 9.27. The molecule has 1 aromatic carbocycles. The highest BCUT2D eigenvalue weighted by atomic mass is 19.4. The van der Waals surface area contributed by atoms with Crippen LogP contribution < -0.4 is 0 Å². The van der Waals surface area contributed by atoms with Crippen molar-refractivity contribution in [2.24, 2.45) is 11.8 Å². The number of aromatic amines is 1. The first-order valence-corrected chi connectivity index (χ1v) is 11.2. The highest BCUT2D eigenvalue weighted by Crippen LogP contribution is 2.35. The van der Waals surface area contributed by atoms with Crippen LogP contribution in [-0.4, -0.2) is 40.0 Å². The van der Waals surface area contributed by atoms with Crippen LogP contribution in [-0.2, 0) is 25.6 Å². The number of alkyl halides is 3. The summed E-state index contributed by atoms with van der Waals surface area (Å²) < 4.78 is 44.1. The Morgan fingerprint density at radius 3 is 2.24 bits per heavy atom. The average Bonchev–Trinajstić information content (AvgIpc) is 3.47. The molecule has 0 spiro atoms. The molecule has 0 fully saturated rings. The van der Waals surface area contributed by atoms with Crippen molar-refractivity contribution in [3.63, 3.8) is 0 Å². The zero-order valence-electron chi connectivity index (χ0n) is 19.5. The summed E-state index contributed by atoms with van der Waals surface area (Å²) in [6.07, 6.45) is -2.95. The summed E-state index contributed by atoms with van der Waals surface area (Å²) in [7, 11) is 0. The van der Waals surface area contributed by atoms with E-state index in [0.29, 0.717) is 24.1 Å². The Bertz CT molecular complexity index is 1220. The number of nitrogens with zero attached hydrogens (tertiary/aromatic N) is 7. The van der Waals surface area contributed by atoms with E-state index in [1.54, 1.807) is 24.3 Å². The van der Waals surface area contributed by atoms with E-state index in [4.69, 9.17) is 4.98 Å². The lowest BCUT2D eigenvalue weighted by Gasteiger charge is -2.15. The molecule has 8 nitrogen and oxygen atoms in total. The van der Waals surface area contributed by atoms with Crippen LogP contribution in [0.1, 0.15) is 50.6 Å². The minimum atomic E-state index is -4.54. The number of hydrogen-bond donors (Lipinski definition) is 1. The Morgan fingerprint density at radius 1 is 0.941 bits per heavy atom. The van der Waals surface area contributed by atoms with Gasteiger partial charge in [-0.25, -0.2) is 9.67 Å². The van der Waals surface area contributed by atoms with Gasteiger partial charge in [0.15, 0.2) is 5.82 Å². The van der Waals surface area contributed by atoms with Gasteiger partial charge in [0.05, 0.1) is 12.2 Å². The average molecular weight is 473 g/mol. The number of tetrazole rings is 1. The maximum Gasteiger partial charge on any atom is 0.431 e. The molecule has 0 aliphatic heterocycles. The zero-order chi connectivity index (χ0) is 24.5. The van der Waals surface area contributed by atoms with Crippen LogP contribution in [0.2, 0.25) is 0 Å². The van der Waals surface area contributed by atoms with E-state index in [1.807, 2.05) is 4.68 Å². The van der Waals surface area contributed by atoms with Crippen molar-refractivity contribution in [2.45, 2.75) is 53.3 Å². The Labute approximate surface area is 195 Å². The molecule has 0 bridgehead atoms. The first-order chi connectivity index (χ1) is 16.1. The second-order valence-electron chi connectivity index (χ2n) is 9.14. The van der Waals surface area contributed by atoms with Crippen LogP contribution in [0.4, 0.5) is 13.2 Å². The minimum absolute atomic E-state index is 0.0817. The molecule has 4 rings (SSSR count). The number of nitrogens with one attached hydrogen (secondary N) is 1. The Hall–Kier alpha value is -3.50. The third-order valence-electron chi connectivity index (χ3n) is 5.25. The predicted octanol–water partition coefficient (Wildman–Crippen LogP) is 4.71. The Morgan fingerprint density at radius 2 is 1.65 bits per heavy atom. The molecule has 0 radical (unpaired) electrons. The maximum absolute atomic E-state index is 13.7. The van der Waals surface area contributed by atoms with Crippen molar-refractivity contribution < 1.29 is 13.2 Å². The smallest absolute Gasteiger partial charge is 0.302 e. The molecule has 0 saturated carbocycles. The summed E-state index contributed by atoms with van der Waals surface area (Å²) in [4.78, 5) is 4.72. The maximum atomic E-state index is 13.7. The van der Waals surface area contributed by atoms with Crippen molar-refractivity contribution in [1.82, 2.24) is 40.0 Å². The van der Waals surface area contributed by atoms with Crippen LogP contribution in [0.15, 0.2) is 36.4 Å². The van der Waals surface area contributed by atoms with Crippen molar-refractivity contribution in [1.29, 1.82) is 0 Å². The van der Waals surface area contributed by atoms with E-state index in [9.17, 15) is 13.2 Å². The SMILES string of the molecule is CC(C)Cc1nc(CC(C)C)n(Cc2ccc(-n3c(-c4nn[nH]n4)ccc3C(F)(F)F)cc2)n1. The molecule has 34 heavy (non-hydrogen) atoms. The molecule has 1 N–H and O–H groups in total. The van der Waals surface area contributed by atoms with Gasteiger partial charge in [0.25, 0.3) is 0 Å². The zero-order valence-corrected chi connectivity index (χ0v) is 19.5. The van der Waals surface area contributed by atoms with Crippen molar-refractivity contribution in [3.8, 4) is 17.2 Å². The lowest BCUT2D eigenvalue weighted by Crippen LogP contribution is -2.13. The van der Waals surface area contributed by atoms with Crippen molar-refractivity contribution >= 4 is 0 Å². The van der Waals surface area contributed by atoms with Crippen LogP contribution >= 0.6 is 0 Å². The quantitative estimate of drug-likeness (QED) is 0.401. The monoisotopic (exact) mass is 472 g/mol. The third-order valence-corrected chi connectivity index (χ3v) is 5.25. The molecule has 180 valence electrons. The molecule has 3 aromatic heterocycles. The summed E-state index contributed by atoms with van der Waals surface area (Å²) in [5.41, 5.74) is 0.649. The Kier molecular flexibility index (Phi) is 6.54. The first-order valence-electron chi connectivity index (χ1n) is 11.2. The normalized spacial score (nSPS) is 12.3. The molecule has 3 heterocycles. The molecule has 4 aromatic rings. The van der Waals surface area contributed by atoms with E-state index in [-0.39, 0.29) is 11.5 Å². The second kappa shape index (κ2) is 9.40. The number of halogens is 3. The largest absolute Gasteiger partial charge is 0.431 e. The van der Waals surface area contributed by atoms with Gasteiger partial charge in [0.1, 0.15) is 11.5 Å². The van der Waals surface area contributed by atoms with Crippen molar-refractivity contribution in [3.05, 3.63) is 59.3 Å². The van der Waals surface area contributed by atoms with E-state index < -0.39 is 11.9 Å². The van der Waals surface area contributed by atoms with Crippen LogP contribution in [0.5, 0.6) is 0 Å². The fourth-order valence-electron chi connectivity index (χ4n) is 3.82. The third kappa shape index (κ3) is 5.18. The topological polar surface area (TPSA) is 90.1 Å². The van der Waals surface area contributed by atoms with Gasteiger partial charge < -0.3 is 4.57 Å². The number of hydrogen-bond acceptors (Lipinski definition) is 5. The summed E-state index contributed by atoms with van der Waals surface area (Å²) in [5, 5.41) is 18.1. The second-order valence-corrected chi connectivity index (χ2v) is 9.14. The van der Waals surface area contributed by atoms with Gasteiger partial charge in [0.2, 0.25) is 5.82 Å². The summed E-state index contributed by atoms with van der Waals surface area (Å²) in [6.45, 7) is 9.00. The van der Waals surface area contributed by atoms with Gasteiger partial charge in [0, 0.05) is 18.5 Å². The van der Waals surface area contributed by atoms with Gasteiger partial charge in [-0.3, -0.25) is 0 Å². The van der Waals surface area contributed by atoms with Crippen molar-refractivity contribution in [2.75, 3.05) is 0 Å². The van der Waals surface area contributed by atoms with E-state index in [2.05, 4.69) is 53.4 Å². The number of aromatic nitrogens is 8.